The summed E-state index contributed by atoms with van der Waals surface area (Å²) in [5, 5.41) is 7.84. The Morgan fingerprint density at radius 2 is 2.18 bits per heavy atom. The van der Waals surface area contributed by atoms with Gasteiger partial charge in [-0.15, -0.1) is 0 Å². The van der Waals surface area contributed by atoms with Crippen molar-refractivity contribution >= 4 is 34.1 Å². The van der Waals surface area contributed by atoms with Crippen LogP contribution in [0.1, 0.15) is 19.0 Å². The zero-order valence-corrected chi connectivity index (χ0v) is 17.5. The number of aromatic amines is 1. The Bertz CT molecular complexity index is 1090. The first-order valence-corrected chi connectivity index (χ1v) is 9.44. The summed E-state index contributed by atoms with van der Waals surface area (Å²) in [5.74, 6) is 1.09. The van der Waals surface area contributed by atoms with Crippen molar-refractivity contribution in [3.8, 4) is 17.1 Å². The van der Waals surface area contributed by atoms with Crippen molar-refractivity contribution in [2.24, 2.45) is 7.05 Å². The van der Waals surface area contributed by atoms with Gasteiger partial charge < -0.3 is 19.9 Å². The van der Waals surface area contributed by atoms with Gasteiger partial charge in [-0.3, -0.25) is 9.48 Å². The van der Waals surface area contributed by atoms with Crippen LogP contribution >= 0.6 is 12.2 Å². The minimum Gasteiger partial charge on any atom is -0.493 e. The molecule has 0 bridgehead atoms. The molecule has 9 heteroatoms. The number of hydrogen-bond acceptors (Lipinski definition) is 5. The van der Waals surface area contributed by atoms with Gasteiger partial charge in [-0.25, -0.2) is 4.98 Å². The van der Waals surface area contributed by atoms with E-state index in [1.54, 1.807) is 18.8 Å². The van der Waals surface area contributed by atoms with Gasteiger partial charge in [0.15, 0.2) is 10.6 Å². The van der Waals surface area contributed by atoms with E-state index in [2.05, 4.69) is 20.4 Å². The Morgan fingerprint density at radius 1 is 1.43 bits per heavy atom. The van der Waals surface area contributed by atoms with Crippen LogP contribution in [0.3, 0.4) is 0 Å². The van der Waals surface area contributed by atoms with Crippen LogP contribution in [0.4, 0.5) is 5.69 Å². The van der Waals surface area contributed by atoms with Crippen molar-refractivity contribution in [1.82, 2.24) is 25.1 Å². The first-order valence-electron chi connectivity index (χ1n) is 9.03. The summed E-state index contributed by atoms with van der Waals surface area (Å²) in [5.41, 5.74) is 3.02. The van der Waals surface area contributed by atoms with Crippen LogP contribution in [-0.2, 0) is 7.05 Å². The first kappa shape index (κ1) is 19.8. The van der Waals surface area contributed by atoms with Crippen LogP contribution in [0, 0.1) is 6.92 Å². The van der Waals surface area contributed by atoms with E-state index in [-0.39, 0.29) is 5.56 Å². The fourth-order valence-corrected chi connectivity index (χ4v) is 3.11. The number of rotatable bonds is 5. The Kier molecular flexibility index (Phi) is 5.64. The molecule has 28 heavy (non-hydrogen) atoms. The number of anilines is 1. The second kappa shape index (κ2) is 7.97. The lowest BCUT2D eigenvalue weighted by Gasteiger charge is -2.21. The van der Waals surface area contributed by atoms with E-state index in [0.29, 0.717) is 45.6 Å². The molecule has 0 radical (unpaired) electrons. The maximum absolute atomic E-state index is 12.7. The Hall–Kier alpha value is -2.94. The van der Waals surface area contributed by atoms with Crippen LogP contribution in [0.5, 0.6) is 5.75 Å². The molecule has 0 saturated carbocycles. The summed E-state index contributed by atoms with van der Waals surface area (Å²) < 4.78 is 7.45. The molecular formula is C19H24N6O2S. The van der Waals surface area contributed by atoms with E-state index in [9.17, 15) is 4.79 Å². The van der Waals surface area contributed by atoms with E-state index >= 15 is 0 Å². The molecule has 148 valence electrons. The van der Waals surface area contributed by atoms with E-state index in [1.807, 2.05) is 44.0 Å². The van der Waals surface area contributed by atoms with Gasteiger partial charge in [-0.1, -0.05) is 6.92 Å². The molecule has 0 aliphatic rings. The van der Waals surface area contributed by atoms with Crippen molar-refractivity contribution in [2.75, 3.05) is 25.6 Å². The maximum Gasteiger partial charge on any atom is 0.277 e. The van der Waals surface area contributed by atoms with E-state index < -0.39 is 0 Å². The molecule has 0 amide bonds. The number of hydrogen-bond donors (Lipinski definition) is 2. The largest absolute Gasteiger partial charge is 0.493 e. The molecule has 0 aliphatic carbocycles. The quantitative estimate of drug-likeness (QED) is 0.636. The highest BCUT2D eigenvalue weighted by molar-refractivity contribution is 7.80. The number of benzene rings is 1. The van der Waals surface area contributed by atoms with Gasteiger partial charge >= 0.3 is 0 Å². The Labute approximate surface area is 168 Å². The number of aromatic nitrogens is 4. The molecule has 3 rings (SSSR count). The molecule has 1 aromatic carbocycles. The fourth-order valence-electron chi connectivity index (χ4n) is 3.00. The summed E-state index contributed by atoms with van der Waals surface area (Å²) >= 11 is 5.33. The minimum atomic E-state index is -0.242. The standard InChI is InChI=1S/C19H24N6O2S/c1-6-9-27-14-8-7-12(24(4)19(28)20-3)10-13(14)17-21-15-11(2)23-25(5)16(15)18(26)22-17/h7-8,10H,6,9H2,1-5H3,(H,20,28)(H,21,22,26). The minimum absolute atomic E-state index is 0.242. The zero-order valence-electron chi connectivity index (χ0n) is 16.7. The first-order chi connectivity index (χ1) is 13.4. The Balaban J connectivity index is 2.20. The molecule has 3 aromatic rings. The van der Waals surface area contributed by atoms with Crippen LogP contribution in [0.2, 0.25) is 0 Å². The highest BCUT2D eigenvalue weighted by Crippen LogP contribution is 2.32. The monoisotopic (exact) mass is 400 g/mol. The zero-order chi connectivity index (χ0) is 20.4. The number of fused-ring (bicyclic) bond motifs is 1. The lowest BCUT2D eigenvalue weighted by atomic mass is 10.1. The van der Waals surface area contributed by atoms with Crippen molar-refractivity contribution < 1.29 is 4.74 Å². The fraction of sp³-hybridized carbons (Fsp3) is 0.368. The summed E-state index contributed by atoms with van der Waals surface area (Å²) in [4.78, 5) is 22.1. The lowest BCUT2D eigenvalue weighted by Crippen LogP contribution is -2.34. The topological polar surface area (TPSA) is 88.1 Å². The van der Waals surface area contributed by atoms with E-state index in [4.69, 9.17) is 17.0 Å². The molecule has 2 N–H and O–H groups in total. The average Bonchev–Trinajstić information content (AvgIpc) is 2.99. The van der Waals surface area contributed by atoms with Crippen molar-refractivity contribution in [3.05, 3.63) is 34.2 Å². The molecule has 8 nitrogen and oxygen atoms in total. The van der Waals surface area contributed by atoms with Gasteiger partial charge in [0, 0.05) is 26.8 Å². The van der Waals surface area contributed by atoms with Gasteiger partial charge in [0.05, 0.1) is 17.9 Å². The predicted octanol–water partition coefficient (Wildman–Crippen LogP) is 2.36. The third-order valence-corrected chi connectivity index (χ3v) is 4.92. The van der Waals surface area contributed by atoms with Crippen molar-refractivity contribution in [3.63, 3.8) is 0 Å². The molecule has 0 atom stereocenters. The van der Waals surface area contributed by atoms with Gasteiger partial charge in [-0.05, 0) is 43.8 Å². The second-order valence-electron chi connectivity index (χ2n) is 6.46. The van der Waals surface area contributed by atoms with Crippen molar-refractivity contribution in [2.45, 2.75) is 20.3 Å². The second-order valence-corrected chi connectivity index (χ2v) is 6.85. The molecule has 0 aliphatic heterocycles. The van der Waals surface area contributed by atoms with Gasteiger partial charge in [-0.2, -0.15) is 5.10 Å². The average molecular weight is 401 g/mol. The third-order valence-electron chi connectivity index (χ3n) is 4.45. The SMILES string of the molecule is CCCOc1ccc(N(C)C(=S)NC)cc1-c1nc2c(C)nn(C)c2c(=O)[nH]1. The van der Waals surface area contributed by atoms with Crippen LogP contribution in [0.25, 0.3) is 22.4 Å². The van der Waals surface area contributed by atoms with Crippen LogP contribution < -0.4 is 20.5 Å². The van der Waals surface area contributed by atoms with Crippen LogP contribution in [-0.4, -0.2) is 45.6 Å². The molecule has 0 spiro atoms. The number of aryl methyl sites for hydroxylation is 2. The molecule has 2 heterocycles. The van der Waals surface area contributed by atoms with E-state index in [1.165, 1.54) is 0 Å². The maximum atomic E-state index is 12.7. The number of ether oxygens (including phenoxy) is 1. The number of H-pyrrole nitrogens is 1. The lowest BCUT2D eigenvalue weighted by molar-refractivity contribution is 0.318. The summed E-state index contributed by atoms with van der Waals surface area (Å²) in [6.45, 7) is 4.44. The van der Waals surface area contributed by atoms with Gasteiger partial charge in [0.25, 0.3) is 5.56 Å². The summed E-state index contributed by atoms with van der Waals surface area (Å²) in [6.07, 6.45) is 0.871. The summed E-state index contributed by atoms with van der Waals surface area (Å²) in [6, 6.07) is 5.70. The highest BCUT2D eigenvalue weighted by atomic mass is 32.1. The molecule has 0 saturated heterocycles. The Morgan fingerprint density at radius 3 is 2.86 bits per heavy atom. The molecule has 2 aromatic heterocycles. The normalized spacial score (nSPS) is 10.9. The molecule has 0 fully saturated rings. The number of nitrogens with one attached hydrogen (secondary N) is 2. The van der Waals surface area contributed by atoms with Gasteiger partial charge in [0.2, 0.25) is 0 Å². The van der Waals surface area contributed by atoms with Crippen molar-refractivity contribution in [1.29, 1.82) is 0 Å². The predicted molar refractivity (Wildman–Crippen MR) is 115 cm³/mol. The summed E-state index contributed by atoms with van der Waals surface area (Å²) in [7, 11) is 5.38. The van der Waals surface area contributed by atoms with Gasteiger partial charge in [0.1, 0.15) is 17.1 Å². The molecule has 0 unspecified atom stereocenters. The van der Waals surface area contributed by atoms with E-state index in [0.717, 1.165) is 12.1 Å². The smallest absolute Gasteiger partial charge is 0.277 e. The molecular weight excluding hydrogens is 376 g/mol. The third kappa shape index (κ3) is 3.57. The van der Waals surface area contributed by atoms with Crippen LogP contribution in [0.15, 0.2) is 23.0 Å². The number of nitrogens with zero attached hydrogens (tertiary/aromatic N) is 4. The number of thiocarbonyl (C=S) groups is 1. The highest BCUT2D eigenvalue weighted by Gasteiger charge is 2.17.